The number of alkyl halides is 1. The molecule has 90 heavy (non-hydrogen) atoms. The van der Waals surface area contributed by atoms with Gasteiger partial charge in [0, 0.05) is 55.8 Å². The summed E-state index contributed by atoms with van der Waals surface area (Å²) in [5.74, 6) is -1.41. The molecule has 7 amide bonds. The lowest BCUT2D eigenvalue weighted by Gasteiger charge is -2.31. The fraction of sp³-hybridized carbons (Fsp3) is 0.469. The Bertz CT molecular complexity index is 3170. The smallest absolute Gasteiger partial charge is 0.416 e. The second kappa shape index (κ2) is 34.9. The number of carbonyl (C=O) groups is 7. The number of carbonyl (C=O) groups excluding carboxylic acids is 7. The molecule has 0 spiro atoms. The van der Waals surface area contributed by atoms with E-state index in [0.29, 0.717) is 97.5 Å². The van der Waals surface area contributed by atoms with Gasteiger partial charge in [-0.25, -0.2) is 9.69 Å². The molecular formula is C64H81IN8O17. The number of fused-ring (bicyclic) bond motifs is 4. The van der Waals surface area contributed by atoms with E-state index < -0.39 is 54.1 Å². The number of hydrogen-bond donors (Lipinski definition) is 5. The van der Waals surface area contributed by atoms with Crippen LogP contribution < -0.4 is 45.1 Å². The van der Waals surface area contributed by atoms with Gasteiger partial charge in [-0.15, -0.1) is 0 Å². The number of aliphatic imine (C=N–C) groups is 1. The van der Waals surface area contributed by atoms with Gasteiger partial charge in [0.05, 0.1) is 119 Å². The zero-order chi connectivity index (χ0) is 64.7. The molecule has 0 saturated heterocycles. The van der Waals surface area contributed by atoms with E-state index in [1.54, 1.807) is 67.6 Å². The van der Waals surface area contributed by atoms with Gasteiger partial charge >= 0.3 is 6.09 Å². The number of aliphatic hydroxyl groups is 1. The Kier molecular flexibility index (Phi) is 27.0. The lowest BCUT2D eigenvalue weighted by Crippen LogP contribution is -2.53. The average molecular weight is 1360 g/mol. The standard InChI is InChI=1S/C64H81IN8O17/c1-8-11-43-29-46-36-67-49-33-54(52(82-6)31-47(49)61(78)71(46)37-43)88-19-10-20-89-55-34-50-48(32-53(55)83-7)62(79)72-38-44(12-9-2)30-51(72)63(80)73(50)64(81)90-39-42-13-15-45(16-14-42)69-59(76)41(5)68-60(77)58(40(3)4)70-56(74)17-21-84-23-25-86-27-28-87-26-24-85-22-18-66-57(75)35-65/h8-9,11-16,31-34,36-38,40-41,46,51,58,63,80H,10,17-30,35,39H2,1-7H3,(H,66,75)(H,68,77)(H,69,76)(H,70,74)/b11-8+,12-9+/t41-,46?,51-,58-,63-/m0/s1. The summed E-state index contributed by atoms with van der Waals surface area (Å²) in [6.07, 6.45) is 11.5. The van der Waals surface area contributed by atoms with Crippen molar-refractivity contribution in [2.45, 2.75) is 97.3 Å². The Balaban J connectivity index is 0.888. The molecule has 0 saturated carbocycles. The van der Waals surface area contributed by atoms with Crippen LogP contribution in [0.2, 0.25) is 0 Å². The van der Waals surface area contributed by atoms with Gasteiger partial charge < -0.3 is 78.8 Å². The summed E-state index contributed by atoms with van der Waals surface area (Å²) in [4.78, 5) is 102. The molecule has 4 aliphatic rings. The quantitative estimate of drug-likeness (QED) is 0.0237. The first-order chi connectivity index (χ1) is 43.5. The maximum atomic E-state index is 14.4. The maximum Gasteiger partial charge on any atom is 0.416 e. The first kappa shape index (κ1) is 69.6. The Morgan fingerprint density at radius 3 is 1.91 bits per heavy atom. The van der Waals surface area contributed by atoms with E-state index in [2.05, 4.69) is 26.3 Å². The molecule has 0 bridgehead atoms. The van der Waals surface area contributed by atoms with Crippen molar-refractivity contribution in [2.75, 3.05) is 101 Å². The number of halogens is 1. The minimum atomic E-state index is -1.57. The van der Waals surface area contributed by atoms with Gasteiger partial charge in [0.1, 0.15) is 18.7 Å². The van der Waals surface area contributed by atoms with Crippen molar-refractivity contribution in [2.24, 2.45) is 10.9 Å². The molecular weight excluding hydrogens is 1280 g/mol. The number of nitrogens with zero attached hydrogens (tertiary/aromatic N) is 4. The fourth-order valence-corrected chi connectivity index (χ4v) is 10.3. The molecule has 3 aromatic rings. The van der Waals surface area contributed by atoms with Gasteiger partial charge in [0.25, 0.3) is 11.8 Å². The topological polar surface area (TPSA) is 293 Å². The van der Waals surface area contributed by atoms with E-state index in [-0.39, 0.29) is 92.4 Å². The van der Waals surface area contributed by atoms with Crippen LogP contribution in [0.1, 0.15) is 86.6 Å². The number of amides is 7. The van der Waals surface area contributed by atoms with Crippen molar-refractivity contribution in [3.63, 3.8) is 0 Å². The Morgan fingerprint density at radius 1 is 0.700 bits per heavy atom. The molecule has 486 valence electrons. The summed E-state index contributed by atoms with van der Waals surface area (Å²) in [7, 11) is 2.91. The third-order valence-corrected chi connectivity index (χ3v) is 15.3. The second-order valence-electron chi connectivity index (χ2n) is 21.5. The molecule has 0 fully saturated rings. The minimum Gasteiger partial charge on any atom is -0.493 e. The predicted molar refractivity (Wildman–Crippen MR) is 343 cm³/mol. The van der Waals surface area contributed by atoms with Gasteiger partial charge in [-0.05, 0) is 80.5 Å². The minimum absolute atomic E-state index is 0.00265. The third kappa shape index (κ3) is 19.1. The van der Waals surface area contributed by atoms with Gasteiger partial charge in [0.2, 0.25) is 23.6 Å². The first-order valence-electron chi connectivity index (χ1n) is 29.8. The van der Waals surface area contributed by atoms with E-state index in [1.165, 1.54) is 38.2 Å². The van der Waals surface area contributed by atoms with E-state index in [1.807, 2.05) is 66.9 Å². The van der Waals surface area contributed by atoms with Crippen LogP contribution in [0.25, 0.3) is 0 Å². The number of benzene rings is 3. The van der Waals surface area contributed by atoms with Crippen LogP contribution in [0.4, 0.5) is 21.9 Å². The zero-order valence-corrected chi connectivity index (χ0v) is 53.9. The van der Waals surface area contributed by atoms with Crippen LogP contribution in [0.5, 0.6) is 23.0 Å². The molecule has 25 nitrogen and oxygen atoms in total. The highest BCUT2D eigenvalue weighted by molar-refractivity contribution is 14.1. The molecule has 5 N–H and O–H groups in total. The molecule has 26 heteroatoms. The van der Waals surface area contributed by atoms with Gasteiger partial charge in [-0.3, -0.25) is 33.8 Å². The number of ether oxygens (including phenoxy) is 9. The lowest BCUT2D eigenvalue weighted by atomic mass is 10.0. The fourth-order valence-electron chi connectivity index (χ4n) is 9.99. The van der Waals surface area contributed by atoms with Crippen LogP contribution in [0.15, 0.2) is 101 Å². The molecule has 0 radical (unpaired) electrons. The summed E-state index contributed by atoms with van der Waals surface area (Å²) >= 11 is 1.99. The van der Waals surface area contributed by atoms with Crippen molar-refractivity contribution in [3.8, 4) is 23.0 Å². The molecule has 3 aromatic carbocycles. The van der Waals surface area contributed by atoms with E-state index >= 15 is 0 Å². The largest absolute Gasteiger partial charge is 0.493 e. The first-order valence-corrected chi connectivity index (χ1v) is 31.3. The van der Waals surface area contributed by atoms with Crippen molar-refractivity contribution in [3.05, 3.63) is 113 Å². The van der Waals surface area contributed by atoms with Crippen LogP contribution in [-0.4, -0.2) is 184 Å². The van der Waals surface area contributed by atoms with E-state index in [0.717, 1.165) is 16.0 Å². The number of nitrogens with one attached hydrogen (secondary N) is 4. The van der Waals surface area contributed by atoms with Gasteiger partial charge in [0.15, 0.2) is 29.2 Å². The van der Waals surface area contributed by atoms with Crippen LogP contribution in [-0.2, 0) is 49.5 Å². The van der Waals surface area contributed by atoms with Gasteiger partial charge in [-0.2, -0.15) is 0 Å². The number of anilines is 2. The van der Waals surface area contributed by atoms with E-state index in [9.17, 15) is 38.7 Å². The lowest BCUT2D eigenvalue weighted by molar-refractivity contribution is -0.132. The van der Waals surface area contributed by atoms with Crippen LogP contribution >= 0.6 is 22.6 Å². The number of allylic oxidation sites excluding steroid dienone is 4. The highest BCUT2D eigenvalue weighted by atomic mass is 127. The molecule has 1 unspecified atom stereocenters. The summed E-state index contributed by atoms with van der Waals surface area (Å²) in [6.45, 7) is 11.8. The van der Waals surface area contributed by atoms with Crippen LogP contribution in [0, 0.1) is 5.92 Å². The Morgan fingerprint density at radius 2 is 1.29 bits per heavy atom. The number of aliphatic hydroxyl groups excluding tert-OH is 1. The van der Waals surface area contributed by atoms with Crippen molar-refractivity contribution in [1.29, 1.82) is 0 Å². The molecule has 0 aromatic heterocycles. The normalized spacial score (nSPS) is 17.4. The monoisotopic (exact) mass is 1360 g/mol. The molecule has 0 aliphatic carbocycles. The van der Waals surface area contributed by atoms with E-state index in [4.69, 9.17) is 42.6 Å². The molecule has 7 rings (SSSR count). The average Bonchev–Trinajstić information content (AvgIpc) is 1.62. The third-order valence-electron chi connectivity index (χ3n) is 14.6. The van der Waals surface area contributed by atoms with Crippen molar-refractivity contribution < 1.29 is 81.3 Å². The number of hydrogen-bond acceptors (Lipinski definition) is 18. The highest BCUT2D eigenvalue weighted by Gasteiger charge is 2.45. The summed E-state index contributed by atoms with van der Waals surface area (Å²) in [6, 6.07) is 9.65. The predicted octanol–water partition coefficient (Wildman–Crippen LogP) is 6.68. The maximum absolute atomic E-state index is 14.4. The molecule has 5 atom stereocenters. The molecule has 4 aliphatic heterocycles. The number of methoxy groups -OCH3 is 2. The summed E-state index contributed by atoms with van der Waals surface area (Å²) < 4.78 is 51.8. The summed E-state index contributed by atoms with van der Waals surface area (Å²) in [5.41, 5.74) is 3.59. The second-order valence-corrected chi connectivity index (χ2v) is 22.2. The summed E-state index contributed by atoms with van der Waals surface area (Å²) in [5, 5.41) is 23.0. The SMILES string of the molecule is C/C=C/C1=CN2C(=O)c3cc(OC)c(OCCCOc4cc5c(cc4OC)C(=O)N4C=C(/C=C/C)C[C@H]4[C@H](O)N5C(=O)OCc4ccc(NC(=O)[C@H](C)NC(=O)[C@@H](NC(=O)CCOCCOCCOCCOCCNC(=O)CI)C(C)C)cc4)cc3N=CC2C1. The van der Waals surface area contributed by atoms with Crippen molar-refractivity contribution in [1.82, 2.24) is 25.8 Å². The highest BCUT2D eigenvalue weighted by Crippen LogP contribution is 2.43. The Hall–Kier alpha value is -7.89. The van der Waals surface area contributed by atoms with Gasteiger partial charge in [-0.1, -0.05) is 72.9 Å². The van der Waals surface area contributed by atoms with Crippen LogP contribution in [0.3, 0.4) is 0 Å². The van der Waals surface area contributed by atoms with Crippen molar-refractivity contribution >= 4 is 87.4 Å². The molecule has 4 heterocycles. The zero-order valence-electron chi connectivity index (χ0n) is 51.8. The number of rotatable bonds is 34. The Labute approximate surface area is 537 Å².